The summed E-state index contributed by atoms with van der Waals surface area (Å²) in [5.41, 5.74) is 6.12. The number of hydrogen-bond donors (Lipinski definition) is 5. The number of aromatic nitrogens is 4. The third-order valence-corrected chi connectivity index (χ3v) is 12.9. The second-order valence-corrected chi connectivity index (χ2v) is 16.4. The van der Waals surface area contributed by atoms with Crippen LogP contribution in [0.1, 0.15) is 101 Å². The summed E-state index contributed by atoms with van der Waals surface area (Å²) in [5, 5.41) is 15.7. The van der Waals surface area contributed by atoms with Gasteiger partial charge in [-0.15, -0.1) is 0 Å². The molecule has 2 aromatic carbocycles. The van der Waals surface area contributed by atoms with Crippen molar-refractivity contribution in [1.82, 2.24) is 40.4 Å². The topological polar surface area (TPSA) is 178 Å². The number of aliphatic hydroxyl groups excluding tert-OH is 1. The highest BCUT2D eigenvalue weighted by molar-refractivity contribution is 5.80. The second-order valence-electron chi connectivity index (χ2n) is 16.4. The number of alkyl carbamates (subject to hydrolysis) is 1. The van der Waals surface area contributed by atoms with Gasteiger partial charge in [-0.05, 0) is 99.3 Å². The van der Waals surface area contributed by atoms with Crippen LogP contribution in [-0.2, 0) is 19.1 Å². The number of hydrogen-bond acceptors (Lipinski definition) is 9. The lowest BCUT2D eigenvalue weighted by Crippen LogP contribution is -2.44. The average Bonchev–Trinajstić information content (AvgIpc) is 4.11. The van der Waals surface area contributed by atoms with E-state index < -0.39 is 12.5 Å². The van der Waals surface area contributed by atoms with Gasteiger partial charge in [-0.1, -0.05) is 48.5 Å². The number of ether oxygens (including phenoxy) is 2. The molecule has 3 amide bonds. The Morgan fingerprint density at radius 3 is 1.52 bits per heavy atom. The van der Waals surface area contributed by atoms with Crippen LogP contribution in [0.2, 0.25) is 0 Å². The number of rotatable bonds is 11. The predicted octanol–water partition coefficient (Wildman–Crippen LogP) is 6.45. The first kappa shape index (κ1) is 39.8. The van der Waals surface area contributed by atoms with Crippen LogP contribution in [0.25, 0.3) is 33.6 Å². The number of likely N-dealkylation sites (tertiary alicyclic amines) is 2. The Balaban J connectivity index is 0.857. The van der Waals surface area contributed by atoms with E-state index in [-0.39, 0.29) is 47.8 Å². The summed E-state index contributed by atoms with van der Waals surface area (Å²) in [7, 11) is 2.84. The molecule has 4 aliphatic rings. The van der Waals surface area contributed by atoms with Crippen LogP contribution in [0, 0.1) is 11.8 Å². The quantitative estimate of drug-likeness (QED) is 0.107. The summed E-state index contributed by atoms with van der Waals surface area (Å²) in [5.74, 6) is 2.02. The van der Waals surface area contributed by atoms with Crippen molar-refractivity contribution >= 4 is 17.9 Å². The van der Waals surface area contributed by atoms with Crippen LogP contribution in [0.5, 0.6) is 0 Å². The van der Waals surface area contributed by atoms with Crippen LogP contribution in [0.15, 0.2) is 60.9 Å². The van der Waals surface area contributed by atoms with Gasteiger partial charge in [0.2, 0.25) is 18.2 Å². The maximum absolute atomic E-state index is 13.7. The number of aliphatic hydroxyl groups is 1. The lowest BCUT2D eigenvalue weighted by molar-refractivity contribution is -0.139. The molecule has 2 saturated heterocycles. The molecule has 2 aliphatic heterocycles. The van der Waals surface area contributed by atoms with Gasteiger partial charge in [-0.25, -0.2) is 14.8 Å². The SMILES string of the molecule is COC(=O)NC1CCC(C(=O)N2CCC[C@H]2c2ncc(-c3ccc(-c4ccc(-c5cnc([C@@H]6CCCN6C(=O)C6CCC(NC(O)OC)CC6)[nH]5)cc4)cc3)[nH]2)CC1. The van der Waals surface area contributed by atoms with Gasteiger partial charge in [0.05, 0.1) is 43.0 Å². The van der Waals surface area contributed by atoms with E-state index in [2.05, 4.69) is 69.1 Å². The normalized spacial score (nSPS) is 25.4. The molecule has 58 heavy (non-hydrogen) atoms. The van der Waals surface area contributed by atoms with E-state index in [0.29, 0.717) is 0 Å². The third kappa shape index (κ3) is 8.69. The zero-order valence-electron chi connectivity index (χ0n) is 33.5. The first-order chi connectivity index (χ1) is 28.3. The largest absolute Gasteiger partial charge is 0.453 e. The standard InChI is InChI=1S/C44H56N8O6/c1-57-43(55)47-33-19-15-31(16-20-33)41(53)51-23-3-5-37(51)39-45-25-35(49-39)29-11-7-27(8-12-29)28-9-13-30(14-10-28)36-26-46-40(50-36)38-6-4-24-52(38)42(54)32-17-21-34(22-18-32)48-44(56)58-2/h7-14,25-26,31-34,37-38,43,47,55H,3-6,15-24H2,1-2H3,(H,45,49)(H,46,50)(H,48,56)/t31?,32?,33?,34?,37-,38-,43?/m0/s1. The molecule has 8 rings (SSSR count). The number of amides is 3. The zero-order valence-corrected chi connectivity index (χ0v) is 33.5. The molecule has 14 nitrogen and oxygen atoms in total. The summed E-state index contributed by atoms with van der Waals surface area (Å²) in [6.45, 7) is 1.48. The fourth-order valence-corrected chi connectivity index (χ4v) is 9.58. The molecule has 2 aromatic heterocycles. The van der Waals surface area contributed by atoms with Crippen LogP contribution in [0.4, 0.5) is 4.79 Å². The average molecular weight is 793 g/mol. The van der Waals surface area contributed by atoms with E-state index in [9.17, 15) is 19.5 Å². The minimum absolute atomic E-state index is 0.00635. The predicted molar refractivity (Wildman–Crippen MR) is 218 cm³/mol. The fourth-order valence-electron chi connectivity index (χ4n) is 9.58. The van der Waals surface area contributed by atoms with Gasteiger partial charge in [0.15, 0.2) is 0 Å². The van der Waals surface area contributed by atoms with Crippen molar-refractivity contribution < 1.29 is 29.0 Å². The van der Waals surface area contributed by atoms with Gasteiger partial charge in [0.1, 0.15) is 11.6 Å². The number of nitrogens with one attached hydrogen (secondary N) is 4. The lowest BCUT2D eigenvalue weighted by Gasteiger charge is -2.33. The molecule has 2 saturated carbocycles. The van der Waals surface area contributed by atoms with E-state index in [0.717, 1.165) is 135 Å². The van der Waals surface area contributed by atoms with Crippen LogP contribution in [0.3, 0.4) is 0 Å². The number of methoxy groups -OCH3 is 2. The molecule has 0 radical (unpaired) electrons. The Kier molecular flexibility index (Phi) is 12.2. The molecule has 4 heterocycles. The van der Waals surface area contributed by atoms with Gasteiger partial charge in [-0.2, -0.15) is 0 Å². The highest BCUT2D eigenvalue weighted by Crippen LogP contribution is 2.38. The second kappa shape index (κ2) is 17.8. The van der Waals surface area contributed by atoms with E-state index in [1.54, 1.807) is 0 Å². The van der Waals surface area contributed by atoms with Crippen molar-refractivity contribution in [3.8, 4) is 33.6 Å². The van der Waals surface area contributed by atoms with Crippen molar-refractivity contribution in [2.24, 2.45) is 11.8 Å². The van der Waals surface area contributed by atoms with Gasteiger partial charge in [0, 0.05) is 44.1 Å². The summed E-state index contributed by atoms with van der Waals surface area (Å²) >= 11 is 0. The molecular weight excluding hydrogens is 737 g/mol. The lowest BCUT2D eigenvalue weighted by atomic mass is 9.85. The first-order valence-corrected chi connectivity index (χ1v) is 21.0. The summed E-state index contributed by atoms with van der Waals surface area (Å²) in [6.07, 6.45) is 12.3. The van der Waals surface area contributed by atoms with Gasteiger partial charge < -0.3 is 39.7 Å². The molecule has 0 bridgehead atoms. The number of carbonyl (C=O) groups excluding carboxylic acids is 3. The van der Waals surface area contributed by atoms with Crippen molar-refractivity contribution in [2.45, 2.75) is 108 Å². The van der Waals surface area contributed by atoms with Crippen molar-refractivity contribution in [3.05, 3.63) is 72.6 Å². The Morgan fingerprint density at radius 1 is 0.655 bits per heavy atom. The Morgan fingerprint density at radius 2 is 1.09 bits per heavy atom. The van der Waals surface area contributed by atoms with E-state index in [1.807, 2.05) is 22.2 Å². The maximum atomic E-state index is 13.7. The molecule has 4 aromatic rings. The van der Waals surface area contributed by atoms with Gasteiger partial charge >= 0.3 is 6.09 Å². The number of benzene rings is 2. The summed E-state index contributed by atoms with van der Waals surface area (Å²) in [6, 6.07) is 17.0. The van der Waals surface area contributed by atoms with Crippen molar-refractivity contribution in [1.29, 1.82) is 0 Å². The third-order valence-electron chi connectivity index (χ3n) is 12.9. The van der Waals surface area contributed by atoms with E-state index in [1.165, 1.54) is 14.2 Å². The molecule has 3 atom stereocenters. The first-order valence-electron chi connectivity index (χ1n) is 21.0. The molecule has 308 valence electrons. The van der Waals surface area contributed by atoms with E-state index >= 15 is 0 Å². The van der Waals surface area contributed by atoms with Crippen LogP contribution < -0.4 is 10.6 Å². The summed E-state index contributed by atoms with van der Waals surface area (Å²) in [4.78, 5) is 59.5. The zero-order chi connectivity index (χ0) is 40.2. The van der Waals surface area contributed by atoms with Crippen LogP contribution >= 0.6 is 0 Å². The van der Waals surface area contributed by atoms with Gasteiger partial charge in [-0.3, -0.25) is 14.9 Å². The molecule has 1 unspecified atom stereocenters. The smallest absolute Gasteiger partial charge is 0.407 e. The minimum Gasteiger partial charge on any atom is -0.453 e. The highest BCUT2D eigenvalue weighted by Gasteiger charge is 2.39. The molecule has 2 aliphatic carbocycles. The molecule has 0 spiro atoms. The Hall–Kier alpha value is -5.05. The highest BCUT2D eigenvalue weighted by atomic mass is 16.6. The number of aromatic amines is 2. The number of H-pyrrole nitrogens is 2. The Labute approximate surface area is 339 Å². The number of nitrogens with zero attached hydrogens (tertiary/aromatic N) is 4. The molecule has 4 fully saturated rings. The monoisotopic (exact) mass is 792 g/mol. The molecule has 5 N–H and O–H groups in total. The Bertz CT molecular complexity index is 2020. The van der Waals surface area contributed by atoms with E-state index in [4.69, 9.17) is 19.4 Å². The fraction of sp³-hybridized carbons (Fsp3) is 0.523. The summed E-state index contributed by atoms with van der Waals surface area (Å²) < 4.78 is 9.67. The number of imidazole rings is 2. The van der Waals surface area contributed by atoms with Crippen molar-refractivity contribution in [2.75, 3.05) is 27.3 Å². The maximum Gasteiger partial charge on any atom is 0.407 e. The molecular formula is C44H56N8O6. The van der Waals surface area contributed by atoms with Crippen LogP contribution in [-0.4, -0.2) is 98.6 Å². The van der Waals surface area contributed by atoms with Crippen molar-refractivity contribution in [3.63, 3.8) is 0 Å². The number of carbonyl (C=O) groups is 3. The molecule has 14 heteroatoms. The minimum atomic E-state index is -0.974. The van der Waals surface area contributed by atoms with Gasteiger partial charge in [0.25, 0.3) is 0 Å².